The lowest BCUT2D eigenvalue weighted by Crippen LogP contribution is -2.14. The van der Waals surface area contributed by atoms with Crippen LogP contribution in [-0.2, 0) is 0 Å². The van der Waals surface area contributed by atoms with Crippen molar-refractivity contribution >= 4 is 27.5 Å². The molecule has 3 nitrogen and oxygen atoms in total. The Labute approximate surface area is 116 Å². The molecule has 1 heterocycles. The van der Waals surface area contributed by atoms with Crippen molar-refractivity contribution in [2.24, 2.45) is 0 Å². The van der Waals surface area contributed by atoms with Gasteiger partial charge in [0.25, 0.3) is 5.91 Å². The Kier molecular flexibility index (Phi) is 3.90. The summed E-state index contributed by atoms with van der Waals surface area (Å²) in [5.74, 6) is -2.41. The molecular weight excluding hydrogens is 318 g/mol. The van der Waals surface area contributed by atoms with Gasteiger partial charge in [-0.2, -0.15) is 0 Å². The molecule has 0 aliphatic carbocycles. The maximum absolute atomic E-state index is 13.0. The van der Waals surface area contributed by atoms with Gasteiger partial charge < -0.3 is 5.32 Å². The molecule has 1 amide bonds. The van der Waals surface area contributed by atoms with Crippen molar-refractivity contribution in [2.75, 3.05) is 5.32 Å². The number of hydrogen-bond acceptors (Lipinski definition) is 2. The molecule has 6 heteroatoms. The first-order valence-electron chi connectivity index (χ1n) is 5.36. The third kappa shape index (κ3) is 3.14. The molecule has 19 heavy (non-hydrogen) atoms. The van der Waals surface area contributed by atoms with Gasteiger partial charge in [0.2, 0.25) is 0 Å². The van der Waals surface area contributed by atoms with Crippen LogP contribution in [0, 0.1) is 18.6 Å². The molecule has 0 bridgehead atoms. The zero-order chi connectivity index (χ0) is 14.0. The Hall–Kier alpha value is -1.82. The van der Waals surface area contributed by atoms with Crippen molar-refractivity contribution in [3.05, 3.63) is 57.8 Å². The van der Waals surface area contributed by atoms with Crippen LogP contribution in [0.5, 0.6) is 0 Å². The lowest BCUT2D eigenvalue weighted by Gasteiger charge is -2.08. The van der Waals surface area contributed by atoms with Crippen LogP contribution in [0.3, 0.4) is 0 Å². The highest BCUT2D eigenvalue weighted by atomic mass is 79.9. The summed E-state index contributed by atoms with van der Waals surface area (Å²) in [6, 6.07) is 4.78. The molecule has 1 N–H and O–H groups in total. The summed E-state index contributed by atoms with van der Waals surface area (Å²) in [5.41, 5.74) is 1.09. The van der Waals surface area contributed by atoms with E-state index >= 15 is 0 Å². The average molecular weight is 327 g/mol. The summed E-state index contributed by atoms with van der Waals surface area (Å²) in [4.78, 5) is 16.0. The SMILES string of the molecule is Cc1ncc(Br)cc1C(=O)Nc1ccc(F)c(F)c1. The fourth-order valence-electron chi connectivity index (χ4n) is 1.51. The molecular formula is C13H9BrF2N2O. The van der Waals surface area contributed by atoms with Gasteiger partial charge in [-0.15, -0.1) is 0 Å². The number of nitrogens with one attached hydrogen (secondary N) is 1. The fraction of sp³-hybridized carbons (Fsp3) is 0.0769. The Bertz CT molecular complexity index is 647. The Balaban J connectivity index is 2.25. The molecule has 1 aromatic carbocycles. The number of pyridine rings is 1. The van der Waals surface area contributed by atoms with Crippen LogP contribution >= 0.6 is 15.9 Å². The summed E-state index contributed by atoms with van der Waals surface area (Å²) < 4.78 is 26.5. The van der Waals surface area contributed by atoms with Gasteiger partial charge in [-0.05, 0) is 41.1 Å². The number of amides is 1. The lowest BCUT2D eigenvalue weighted by molar-refractivity contribution is 0.102. The second kappa shape index (κ2) is 5.44. The summed E-state index contributed by atoms with van der Waals surface area (Å²) in [6.07, 6.45) is 1.57. The van der Waals surface area contributed by atoms with Crippen molar-refractivity contribution in [1.82, 2.24) is 4.98 Å². The molecule has 1 aromatic heterocycles. The number of halogens is 3. The smallest absolute Gasteiger partial charge is 0.257 e. The fourth-order valence-corrected chi connectivity index (χ4v) is 1.84. The highest BCUT2D eigenvalue weighted by Gasteiger charge is 2.12. The monoisotopic (exact) mass is 326 g/mol. The minimum absolute atomic E-state index is 0.184. The van der Waals surface area contributed by atoms with Crippen LogP contribution in [0.4, 0.5) is 14.5 Å². The zero-order valence-electron chi connectivity index (χ0n) is 9.88. The Morgan fingerprint density at radius 3 is 2.68 bits per heavy atom. The Morgan fingerprint density at radius 2 is 2.00 bits per heavy atom. The second-order valence-corrected chi connectivity index (χ2v) is 4.79. The average Bonchev–Trinajstić information content (AvgIpc) is 2.36. The van der Waals surface area contributed by atoms with Gasteiger partial charge in [-0.1, -0.05) is 0 Å². The van der Waals surface area contributed by atoms with Crippen LogP contribution in [-0.4, -0.2) is 10.9 Å². The number of carbonyl (C=O) groups excluding carboxylic acids is 1. The summed E-state index contributed by atoms with van der Waals surface area (Å²) in [7, 11) is 0. The lowest BCUT2D eigenvalue weighted by atomic mass is 10.2. The first kappa shape index (κ1) is 13.6. The predicted molar refractivity (Wildman–Crippen MR) is 71.0 cm³/mol. The van der Waals surface area contributed by atoms with Crippen LogP contribution in [0.1, 0.15) is 16.1 Å². The molecule has 2 rings (SSSR count). The third-order valence-corrected chi connectivity index (χ3v) is 2.91. The molecule has 0 spiro atoms. The van der Waals surface area contributed by atoms with Crippen LogP contribution in [0.2, 0.25) is 0 Å². The number of anilines is 1. The number of carbonyl (C=O) groups is 1. The van der Waals surface area contributed by atoms with Crippen molar-refractivity contribution in [1.29, 1.82) is 0 Å². The van der Waals surface area contributed by atoms with E-state index in [0.29, 0.717) is 15.7 Å². The normalized spacial score (nSPS) is 10.3. The molecule has 0 fully saturated rings. The minimum atomic E-state index is -1.01. The van der Waals surface area contributed by atoms with E-state index in [1.165, 1.54) is 6.07 Å². The molecule has 0 aliphatic rings. The summed E-state index contributed by atoms with van der Waals surface area (Å²) in [5, 5.41) is 2.49. The molecule has 0 saturated heterocycles. The molecule has 0 unspecified atom stereocenters. The minimum Gasteiger partial charge on any atom is -0.322 e. The number of aryl methyl sites for hydroxylation is 1. The number of benzene rings is 1. The highest BCUT2D eigenvalue weighted by molar-refractivity contribution is 9.10. The van der Waals surface area contributed by atoms with Crippen LogP contribution in [0.25, 0.3) is 0 Å². The highest BCUT2D eigenvalue weighted by Crippen LogP contribution is 2.17. The summed E-state index contributed by atoms with van der Waals surface area (Å²) in [6.45, 7) is 1.69. The first-order valence-corrected chi connectivity index (χ1v) is 6.15. The van der Waals surface area contributed by atoms with Gasteiger partial charge in [0.15, 0.2) is 11.6 Å². The number of nitrogens with zero attached hydrogens (tertiary/aromatic N) is 1. The first-order chi connectivity index (χ1) is 8.97. The number of rotatable bonds is 2. The molecule has 0 saturated carbocycles. The van der Waals surface area contributed by atoms with Crippen molar-refractivity contribution in [3.8, 4) is 0 Å². The van der Waals surface area contributed by atoms with E-state index in [1.54, 1.807) is 19.2 Å². The van der Waals surface area contributed by atoms with Crippen molar-refractivity contribution < 1.29 is 13.6 Å². The number of hydrogen-bond donors (Lipinski definition) is 1. The maximum atomic E-state index is 13.0. The van der Waals surface area contributed by atoms with E-state index < -0.39 is 17.5 Å². The zero-order valence-corrected chi connectivity index (χ0v) is 11.5. The van der Waals surface area contributed by atoms with E-state index in [4.69, 9.17) is 0 Å². The number of aromatic nitrogens is 1. The van der Waals surface area contributed by atoms with Gasteiger partial charge in [0.05, 0.1) is 11.3 Å². The molecule has 0 aliphatic heterocycles. The van der Waals surface area contributed by atoms with Crippen LogP contribution in [0.15, 0.2) is 34.9 Å². The summed E-state index contributed by atoms with van der Waals surface area (Å²) >= 11 is 3.22. The van der Waals surface area contributed by atoms with Gasteiger partial charge in [-0.25, -0.2) is 8.78 Å². The van der Waals surface area contributed by atoms with E-state index in [9.17, 15) is 13.6 Å². The van der Waals surface area contributed by atoms with Gasteiger partial charge in [0, 0.05) is 22.4 Å². The standard InChI is InChI=1S/C13H9BrF2N2O/c1-7-10(4-8(14)6-17-7)13(19)18-9-2-3-11(15)12(16)5-9/h2-6H,1H3,(H,18,19). The largest absolute Gasteiger partial charge is 0.322 e. The van der Waals surface area contributed by atoms with Gasteiger partial charge in [-0.3, -0.25) is 9.78 Å². The van der Waals surface area contributed by atoms with Crippen LogP contribution < -0.4 is 5.32 Å². The van der Waals surface area contributed by atoms with Gasteiger partial charge >= 0.3 is 0 Å². The topological polar surface area (TPSA) is 42.0 Å². The maximum Gasteiger partial charge on any atom is 0.257 e. The quantitative estimate of drug-likeness (QED) is 0.914. The second-order valence-electron chi connectivity index (χ2n) is 3.87. The predicted octanol–water partition coefficient (Wildman–Crippen LogP) is 3.68. The van der Waals surface area contributed by atoms with Crippen molar-refractivity contribution in [3.63, 3.8) is 0 Å². The van der Waals surface area contributed by atoms with Gasteiger partial charge in [0.1, 0.15) is 0 Å². The molecule has 2 aromatic rings. The molecule has 98 valence electrons. The Morgan fingerprint density at radius 1 is 1.26 bits per heavy atom. The van der Waals surface area contributed by atoms with E-state index in [0.717, 1.165) is 12.1 Å². The van der Waals surface area contributed by atoms with E-state index in [1.807, 2.05) is 0 Å². The third-order valence-electron chi connectivity index (χ3n) is 2.48. The molecule has 0 radical (unpaired) electrons. The van der Waals surface area contributed by atoms with E-state index in [2.05, 4.69) is 26.2 Å². The van der Waals surface area contributed by atoms with E-state index in [-0.39, 0.29) is 5.69 Å². The van der Waals surface area contributed by atoms with Crippen molar-refractivity contribution in [2.45, 2.75) is 6.92 Å². The molecule has 0 atom stereocenters.